The summed E-state index contributed by atoms with van der Waals surface area (Å²) in [6.07, 6.45) is 3.54. The predicted molar refractivity (Wildman–Crippen MR) is 82.9 cm³/mol. The Morgan fingerprint density at radius 3 is 2.80 bits per heavy atom. The van der Waals surface area contributed by atoms with Crippen molar-refractivity contribution in [3.05, 3.63) is 29.8 Å². The number of benzene rings is 1. The molecule has 112 valence electrons. The van der Waals surface area contributed by atoms with Gasteiger partial charge in [0.1, 0.15) is 0 Å². The third kappa shape index (κ3) is 3.61. The fraction of sp³-hybridized carbons (Fsp3) is 0.625. The van der Waals surface area contributed by atoms with E-state index < -0.39 is 9.84 Å². The molecule has 1 saturated heterocycles. The van der Waals surface area contributed by atoms with Crippen molar-refractivity contribution in [3.63, 3.8) is 0 Å². The average molecular weight is 295 g/mol. The van der Waals surface area contributed by atoms with Crippen molar-refractivity contribution in [1.82, 2.24) is 4.90 Å². The first-order valence-electron chi connectivity index (χ1n) is 7.62. The molecule has 1 fully saturated rings. The Balaban J connectivity index is 2.18. The van der Waals surface area contributed by atoms with Crippen molar-refractivity contribution >= 4 is 9.84 Å². The van der Waals surface area contributed by atoms with Crippen LogP contribution in [0, 0.1) is 0 Å². The number of nitrogens with zero attached hydrogens (tertiary/aromatic N) is 1. The Morgan fingerprint density at radius 2 is 2.10 bits per heavy atom. The van der Waals surface area contributed by atoms with Crippen molar-refractivity contribution in [1.29, 1.82) is 0 Å². The molecule has 20 heavy (non-hydrogen) atoms. The SMILES string of the molecule is CCCN1CCCC(c2cccc(S(=O)(=O)CC)c2)C1. The van der Waals surface area contributed by atoms with E-state index in [0.29, 0.717) is 10.8 Å². The van der Waals surface area contributed by atoms with E-state index in [2.05, 4.69) is 17.9 Å². The summed E-state index contributed by atoms with van der Waals surface area (Å²) < 4.78 is 24.0. The molecule has 0 aromatic heterocycles. The van der Waals surface area contributed by atoms with Gasteiger partial charge in [0.25, 0.3) is 0 Å². The van der Waals surface area contributed by atoms with Gasteiger partial charge in [0, 0.05) is 6.54 Å². The van der Waals surface area contributed by atoms with Gasteiger partial charge in [-0.3, -0.25) is 0 Å². The van der Waals surface area contributed by atoms with Gasteiger partial charge in [-0.2, -0.15) is 0 Å². The van der Waals surface area contributed by atoms with Crippen molar-refractivity contribution in [2.24, 2.45) is 0 Å². The second-order valence-electron chi connectivity index (χ2n) is 5.62. The van der Waals surface area contributed by atoms with Crippen LogP contribution in [0.2, 0.25) is 0 Å². The lowest BCUT2D eigenvalue weighted by Crippen LogP contribution is -2.34. The zero-order valence-electron chi connectivity index (χ0n) is 12.5. The monoisotopic (exact) mass is 295 g/mol. The Morgan fingerprint density at radius 1 is 1.30 bits per heavy atom. The average Bonchev–Trinajstić information content (AvgIpc) is 2.48. The number of sulfone groups is 1. The van der Waals surface area contributed by atoms with Gasteiger partial charge in [0.05, 0.1) is 10.6 Å². The lowest BCUT2D eigenvalue weighted by atomic mass is 9.90. The van der Waals surface area contributed by atoms with Crippen molar-refractivity contribution in [3.8, 4) is 0 Å². The fourth-order valence-electron chi connectivity index (χ4n) is 2.98. The number of likely N-dealkylation sites (tertiary alicyclic amines) is 1. The highest BCUT2D eigenvalue weighted by Gasteiger charge is 2.22. The van der Waals surface area contributed by atoms with Crippen molar-refractivity contribution in [2.75, 3.05) is 25.4 Å². The van der Waals surface area contributed by atoms with Crippen LogP contribution in [-0.4, -0.2) is 38.7 Å². The summed E-state index contributed by atoms with van der Waals surface area (Å²) in [4.78, 5) is 2.97. The summed E-state index contributed by atoms with van der Waals surface area (Å²) in [6, 6.07) is 7.57. The van der Waals surface area contributed by atoms with Crippen LogP contribution in [0.3, 0.4) is 0 Å². The van der Waals surface area contributed by atoms with Crippen LogP contribution in [-0.2, 0) is 9.84 Å². The van der Waals surface area contributed by atoms with Gasteiger partial charge in [0.2, 0.25) is 0 Å². The highest BCUT2D eigenvalue weighted by molar-refractivity contribution is 7.91. The first-order valence-corrected chi connectivity index (χ1v) is 9.27. The fourth-order valence-corrected chi connectivity index (χ4v) is 3.91. The molecule has 0 N–H and O–H groups in total. The Labute approximate surface area is 122 Å². The zero-order chi connectivity index (χ0) is 14.6. The zero-order valence-corrected chi connectivity index (χ0v) is 13.3. The molecule has 0 amide bonds. The van der Waals surface area contributed by atoms with Gasteiger partial charge < -0.3 is 4.90 Å². The molecule has 0 bridgehead atoms. The summed E-state index contributed by atoms with van der Waals surface area (Å²) in [6.45, 7) is 7.29. The molecular formula is C16H25NO2S. The normalized spacial score (nSPS) is 21.0. The topological polar surface area (TPSA) is 37.4 Å². The minimum atomic E-state index is -3.10. The molecule has 1 aliphatic heterocycles. The van der Waals surface area contributed by atoms with Crippen LogP contribution in [0.1, 0.15) is 44.6 Å². The lowest BCUT2D eigenvalue weighted by molar-refractivity contribution is 0.208. The van der Waals surface area contributed by atoms with Crippen LogP contribution in [0.4, 0.5) is 0 Å². The molecule has 3 nitrogen and oxygen atoms in total. The molecule has 0 saturated carbocycles. The van der Waals surface area contributed by atoms with E-state index in [1.165, 1.54) is 24.9 Å². The van der Waals surface area contributed by atoms with E-state index >= 15 is 0 Å². The third-order valence-corrected chi connectivity index (χ3v) is 5.85. The second-order valence-corrected chi connectivity index (χ2v) is 7.89. The van der Waals surface area contributed by atoms with Crippen LogP contribution in [0.15, 0.2) is 29.2 Å². The quantitative estimate of drug-likeness (QED) is 0.838. The molecule has 0 spiro atoms. The summed E-state index contributed by atoms with van der Waals surface area (Å²) in [5, 5.41) is 0. The molecule has 0 radical (unpaired) electrons. The van der Waals surface area contributed by atoms with E-state index in [9.17, 15) is 8.42 Å². The molecular weight excluding hydrogens is 270 g/mol. The molecule has 1 aromatic carbocycles. The Bertz CT molecular complexity index is 537. The maximum Gasteiger partial charge on any atom is 0.178 e. The minimum absolute atomic E-state index is 0.170. The van der Waals surface area contributed by atoms with E-state index in [4.69, 9.17) is 0 Å². The Kier molecular flexibility index (Phi) is 5.22. The second kappa shape index (κ2) is 6.72. The van der Waals surface area contributed by atoms with Crippen LogP contribution in [0.5, 0.6) is 0 Å². The van der Waals surface area contributed by atoms with E-state index in [1.54, 1.807) is 13.0 Å². The van der Waals surface area contributed by atoms with E-state index in [-0.39, 0.29) is 5.75 Å². The molecule has 1 heterocycles. The van der Waals surface area contributed by atoms with Crippen LogP contribution >= 0.6 is 0 Å². The van der Waals surface area contributed by atoms with Crippen LogP contribution < -0.4 is 0 Å². The molecule has 1 aromatic rings. The maximum atomic E-state index is 12.0. The molecule has 1 atom stereocenters. The van der Waals surface area contributed by atoms with Gasteiger partial charge in [0.15, 0.2) is 9.84 Å². The van der Waals surface area contributed by atoms with Crippen molar-refractivity contribution in [2.45, 2.75) is 43.9 Å². The van der Waals surface area contributed by atoms with E-state index in [0.717, 1.165) is 19.5 Å². The highest BCUT2D eigenvalue weighted by Crippen LogP contribution is 2.28. The lowest BCUT2D eigenvalue weighted by Gasteiger charge is -2.32. The number of rotatable bonds is 5. The summed E-state index contributed by atoms with van der Waals surface area (Å²) in [7, 11) is -3.10. The number of hydrogen-bond donors (Lipinski definition) is 0. The molecule has 4 heteroatoms. The molecule has 1 unspecified atom stereocenters. The highest BCUT2D eigenvalue weighted by atomic mass is 32.2. The van der Waals surface area contributed by atoms with Gasteiger partial charge >= 0.3 is 0 Å². The molecule has 2 rings (SSSR count). The third-order valence-electron chi connectivity index (χ3n) is 4.11. The molecule has 0 aliphatic carbocycles. The van der Waals surface area contributed by atoms with Gasteiger partial charge in [-0.25, -0.2) is 8.42 Å². The standard InChI is InChI=1S/C16H25NO2S/c1-3-10-17-11-6-8-15(13-17)14-7-5-9-16(12-14)20(18,19)4-2/h5,7,9,12,15H,3-4,6,8,10-11,13H2,1-2H3. The summed E-state index contributed by atoms with van der Waals surface area (Å²) >= 11 is 0. The maximum absolute atomic E-state index is 12.0. The minimum Gasteiger partial charge on any atom is -0.303 e. The van der Waals surface area contributed by atoms with Gasteiger partial charge in [-0.05, 0) is 56.0 Å². The smallest absolute Gasteiger partial charge is 0.178 e. The predicted octanol–water partition coefficient (Wildman–Crippen LogP) is 3.07. The van der Waals surface area contributed by atoms with E-state index in [1.807, 2.05) is 12.1 Å². The summed E-state index contributed by atoms with van der Waals surface area (Å²) in [5.41, 5.74) is 1.18. The summed E-state index contributed by atoms with van der Waals surface area (Å²) in [5.74, 6) is 0.644. The number of hydrogen-bond acceptors (Lipinski definition) is 3. The van der Waals surface area contributed by atoms with Crippen molar-refractivity contribution < 1.29 is 8.42 Å². The Hall–Kier alpha value is -0.870. The van der Waals surface area contributed by atoms with Gasteiger partial charge in [-0.1, -0.05) is 26.0 Å². The first kappa shape index (κ1) is 15.5. The largest absolute Gasteiger partial charge is 0.303 e. The number of piperidine rings is 1. The molecule has 1 aliphatic rings. The first-order chi connectivity index (χ1) is 9.56. The van der Waals surface area contributed by atoms with Gasteiger partial charge in [-0.15, -0.1) is 0 Å². The van der Waals surface area contributed by atoms with Crippen LogP contribution in [0.25, 0.3) is 0 Å².